The van der Waals surface area contributed by atoms with E-state index in [2.05, 4.69) is 10.5 Å². The van der Waals surface area contributed by atoms with Gasteiger partial charge in [-0.3, -0.25) is 4.79 Å². The zero-order valence-electron chi connectivity index (χ0n) is 14.9. The third kappa shape index (κ3) is 5.20. The van der Waals surface area contributed by atoms with Gasteiger partial charge in [-0.15, -0.1) is 0 Å². The first kappa shape index (κ1) is 19.2. The van der Waals surface area contributed by atoms with Crippen molar-refractivity contribution in [2.45, 2.75) is 19.6 Å². The van der Waals surface area contributed by atoms with Crippen LogP contribution in [0.25, 0.3) is 0 Å². The van der Waals surface area contributed by atoms with Crippen LogP contribution in [0.4, 0.5) is 4.39 Å². The van der Waals surface area contributed by atoms with Crippen molar-refractivity contribution in [1.82, 2.24) is 5.32 Å². The number of oxime groups is 1. The van der Waals surface area contributed by atoms with Crippen molar-refractivity contribution in [3.8, 4) is 11.5 Å². The molecule has 0 spiro atoms. The molecule has 0 saturated heterocycles. The Morgan fingerprint density at radius 2 is 1.92 bits per heavy atom. The number of nitrogens with zero attached hydrogens (tertiary/aromatic N) is 1. The molecule has 0 aliphatic heterocycles. The molecule has 0 radical (unpaired) electrons. The van der Waals surface area contributed by atoms with Gasteiger partial charge in [-0.2, -0.15) is 0 Å². The van der Waals surface area contributed by atoms with Gasteiger partial charge >= 0.3 is 0 Å². The molecular weight excluding hydrogens is 339 g/mol. The molecule has 0 saturated carbocycles. The number of methoxy groups -OCH3 is 2. The van der Waals surface area contributed by atoms with E-state index in [9.17, 15) is 9.18 Å². The molecule has 0 heterocycles. The van der Waals surface area contributed by atoms with Crippen molar-refractivity contribution in [2.24, 2.45) is 5.16 Å². The van der Waals surface area contributed by atoms with E-state index in [0.717, 1.165) is 5.56 Å². The maximum absolute atomic E-state index is 12.9. The number of nitrogens with one attached hydrogen (secondary N) is 1. The average Bonchev–Trinajstić information content (AvgIpc) is 2.66. The molecule has 138 valence electrons. The van der Waals surface area contributed by atoms with Crippen molar-refractivity contribution >= 4 is 12.1 Å². The average molecular weight is 360 g/mol. The summed E-state index contributed by atoms with van der Waals surface area (Å²) in [4.78, 5) is 17.2. The van der Waals surface area contributed by atoms with Gasteiger partial charge in [0.1, 0.15) is 5.82 Å². The van der Waals surface area contributed by atoms with Gasteiger partial charge < -0.3 is 19.6 Å². The largest absolute Gasteiger partial charge is 0.493 e. The van der Waals surface area contributed by atoms with Crippen molar-refractivity contribution in [3.63, 3.8) is 0 Å². The fourth-order valence-corrected chi connectivity index (χ4v) is 2.18. The lowest BCUT2D eigenvalue weighted by molar-refractivity contribution is -0.131. The number of halogens is 1. The molecule has 0 bridgehead atoms. The Hall–Kier alpha value is -3.09. The third-order valence-electron chi connectivity index (χ3n) is 3.59. The Morgan fingerprint density at radius 3 is 2.58 bits per heavy atom. The highest BCUT2D eigenvalue weighted by Gasteiger charge is 2.14. The van der Waals surface area contributed by atoms with Crippen LogP contribution < -0.4 is 14.8 Å². The Kier molecular flexibility index (Phi) is 6.96. The number of ether oxygens (including phenoxy) is 2. The second kappa shape index (κ2) is 9.41. The van der Waals surface area contributed by atoms with Gasteiger partial charge in [0.15, 0.2) is 11.5 Å². The van der Waals surface area contributed by atoms with Crippen LogP contribution in [0.3, 0.4) is 0 Å². The topological polar surface area (TPSA) is 69.2 Å². The molecule has 2 rings (SSSR count). The summed E-state index contributed by atoms with van der Waals surface area (Å²) >= 11 is 0. The summed E-state index contributed by atoms with van der Waals surface area (Å²) < 4.78 is 23.4. The van der Waals surface area contributed by atoms with Crippen LogP contribution in [0, 0.1) is 5.82 Å². The van der Waals surface area contributed by atoms with Crippen LogP contribution in [0.1, 0.15) is 18.1 Å². The number of carbonyl (C=O) groups is 1. The molecule has 1 unspecified atom stereocenters. The normalized spacial score (nSPS) is 11.8. The Morgan fingerprint density at radius 1 is 1.19 bits per heavy atom. The SMILES string of the molecule is COc1cccc(/C=N/OC(C)C(=O)NCc2ccc(F)cc2)c1OC. The van der Waals surface area contributed by atoms with E-state index < -0.39 is 6.10 Å². The van der Waals surface area contributed by atoms with Crippen LogP contribution in [-0.2, 0) is 16.2 Å². The molecule has 6 nitrogen and oxygen atoms in total. The maximum Gasteiger partial charge on any atom is 0.263 e. The van der Waals surface area contributed by atoms with Gasteiger partial charge in [-0.1, -0.05) is 23.4 Å². The molecule has 26 heavy (non-hydrogen) atoms. The van der Waals surface area contributed by atoms with Gasteiger partial charge in [-0.25, -0.2) is 4.39 Å². The summed E-state index contributed by atoms with van der Waals surface area (Å²) in [5, 5.41) is 6.54. The minimum atomic E-state index is -0.789. The van der Waals surface area contributed by atoms with Crippen molar-refractivity contribution in [1.29, 1.82) is 0 Å². The van der Waals surface area contributed by atoms with Gasteiger partial charge in [0.2, 0.25) is 6.10 Å². The predicted molar refractivity (Wildman–Crippen MR) is 95.9 cm³/mol. The van der Waals surface area contributed by atoms with Crippen LogP contribution in [-0.4, -0.2) is 32.4 Å². The van der Waals surface area contributed by atoms with Gasteiger partial charge in [0, 0.05) is 12.1 Å². The smallest absolute Gasteiger partial charge is 0.263 e. The van der Waals surface area contributed by atoms with Gasteiger partial charge in [-0.05, 0) is 36.8 Å². The van der Waals surface area contributed by atoms with Crippen LogP contribution >= 0.6 is 0 Å². The molecule has 1 atom stereocenters. The van der Waals surface area contributed by atoms with E-state index in [1.807, 2.05) is 0 Å². The maximum atomic E-state index is 12.9. The van der Waals surface area contributed by atoms with Crippen LogP contribution in [0.2, 0.25) is 0 Å². The Labute approximate surface area is 151 Å². The third-order valence-corrected chi connectivity index (χ3v) is 3.59. The molecule has 0 aliphatic carbocycles. The lowest BCUT2D eigenvalue weighted by Gasteiger charge is -2.11. The first-order valence-corrected chi connectivity index (χ1v) is 7.97. The summed E-state index contributed by atoms with van der Waals surface area (Å²) in [6.45, 7) is 1.86. The molecule has 0 fully saturated rings. The Bertz CT molecular complexity index is 763. The van der Waals surface area contributed by atoms with E-state index in [1.165, 1.54) is 25.5 Å². The summed E-state index contributed by atoms with van der Waals surface area (Å²) in [5.74, 6) is 0.445. The highest BCUT2D eigenvalue weighted by atomic mass is 19.1. The number of amides is 1. The van der Waals surface area contributed by atoms with Crippen molar-refractivity contribution in [3.05, 3.63) is 59.4 Å². The number of benzene rings is 2. The fourth-order valence-electron chi connectivity index (χ4n) is 2.18. The van der Waals surface area contributed by atoms with Crippen LogP contribution in [0.5, 0.6) is 11.5 Å². The van der Waals surface area contributed by atoms with E-state index in [0.29, 0.717) is 17.1 Å². The van der Waals surface area contributed by atoms with E-state index >= 15 is 0 Å². The highest BCUT2D eigenvalue weighted by Crippen LogP contribution is 2.29. The quantitative estimate of drug-likeness (QED) is 0.581. The van der Waals surface area contributed by atoms with E-state index in [-0.39, 0.29) is 18.3 Å². The molecule has 0 aromatic heterocycles. The minimum Gasteiger partial charge on any atom is -0.493 e. The van der Waals surface area contributed by atoms with Crippen molar-refractivity contribution < 1.29 is 23.5 Å². The van der Waals surface area contributed by atoms with Gasteiger partial charge in [0.25, 0.3) is 5.91 Å². The zero-order chi connectivity index (χ0) is 18.9. The molecular formula is C19H21FN2O4. The van der Waals surface area contributed by atoms with Crippen molar-refractivity contribution in [2.75, 3.05) is 14.2 Å². The first-order chi connectivity index (χ1) is 12.5. The fraction of sp³-hybridized carbons (Fsp3) is 0.263. The van der Waals surface area contributed by atoms with E-state index in [4.69, 9.17) is 14.3 Å². The lowest BCUT2D eigenvalue weighted by atomic mass is 10.2. The summed E-state index contributed by atoms with van der Waals surface area (Å²) in [5.41, 5.74) is 1.45. The molecule has 0 aliphatic rings. The lowest BCUT2D eigenvalue weighted by Crippen LogP contribution is -2.33. The van der Waals surface area contributed by atoms with Gasteiger partial charge in [0.05, 0.1) is 20.4 Å². The standard InChI is InChI=1S/C19H21FN2O4/c1-13(19(23)21-11-14-7-9-16(20)10-8-14)26-22-12-15-5-4-6-17(24-2)18(15)25-3/h4-10,12-13H,11H2,1-3H3,(H,21,23)/b22-12+. The molecule has 1 amide bonds. The first-order valence-electron chi connectivity index (χ1n) is 7.97. The second-order valence-corrected chi connectivity index (χ2v) is 5.41. The summed E-state index contributed by atoms with van der Waals surface area (Å²) in [6.07, 6.45) is 0.661. The molecule has 2 aromatic carbocycles. The predicted octanol–water partition coefficient (Wildman–Crippen LogP) is 2.90. The number of para-hydroxylation sites is 1. The molecule has 1 N–H and O–H groups in total. The molecule has 2 aromatic rings. The second-order valence-electron chi connectivity index (χ2n) is 5.41. The summed E-state index contributed by atoms with van der Waals surface area (Å²) in [7, 11) is 3.07. The Balaban J connectivity index is 1.89. The number of carbonyl (C=O) groups excluding carboxylic acids is 1. The number of hydrogen-bond acceptors (Lipinski definition) is 5. The number of hydrogen-bond donors (Lipinski definition) is 1. The minimum absolute atomic E-state index is 0.278. The summed E-state index contributed by atoms with van der Waals surface area (Å²) in [6, 6.07) is 11.2. The highest BCUT2D eigenvalue weighted by molar-refractivity contribution is 5.85. The zero-order valence-corrected chi connectivity index (χ0v) is 14.9. The van der Waals surface area contributed by atoms with E-state index in [1.54, 1.807) is 44.4 Å². The van der Waals surface area contributed by atoms with Crippen LogP contribution in [0.15, 0.2) is 47.6 Å². The monoisotopic (exact) mass is 360 g/mol. The number of rotatable bonds is 8. The molecule has 7 heteroatoms.